The number of nitrogens with one attached hydrogen (secondary N) is 1. The maximum absolute atomic E-state index is 12.5. The zero-order valence-corrected chi connectivity index (χ0v) is 52.5. The largest absolute Gasteiger partial charge is 0.466 e. The number of amides is 1. The van der Waals surface area contributed by atoms with Gasteiger partial charge in [0.2, 0.25) is 5.91 Å². The van der Waals surface area contributed by atoms with E-state index in [4.69, 9.17) is 4.74 Å². The van der Waals surface area contributed by atoms with Crippen molar-refractivity contribution in [2.45, 2.75) is 418 Å². The van der Waals surface area contributed by atoms with Gasteiger partial charge >= 0.3 is 5.97 Å². The van der Waals surface area contributed by atoms with Crippen LogP contribution in [0.2, 0.25) is 0 Å². The van der Waals surface area contributed by atoms with Gasteiger partial charge in [-0.3, -0.25) is 9.59 Å². The van der Waals surface area contributed by atoms with Gasteiger partial charge in [-0.05, 0) is 51.4 Å². The summed E-state index contributed by atoms with van der Waals surface area (Å²) in [6.07, 6.45) is 82.6. The van der Waals surface area contributed by atoms with Crippen LogP contribution in [-0.2, 0) is 14.3 Å². The SMILES string of the molecule is CCCCCCC/C=C\CCCCCCCC(=O)OCCCCCCCCCCCCCCCCCCCCCCCCCCCC(=O)NC(CO)C(O)CCCCCCCCCCCCCCCCCCCCCCC. The minimum absolute atomic E-state index is 0.00897. The van der Waals surface area contributed by atoms with E-state index >= 15 is 0 Å². The summed E-state index contributed by atoms with van der Waals surface area (Å²) < 4.78 is 5.49. The average Bonchev–Trinajstić information content (AvgIpc) is 3.43. The summed E-state index contributed by atoms with van der Waals surface area (Å²) in [6.45, 7) is 4.98. The Bertz CT molecular complexity index is 1160. The lowest BCUT2D eigenvalue weighted by molar-refractivity contribution is -0.143. The van der Waals surface area contributed by atoms with Crippen LogP contribution in [0.1, 0.15) is 406 Å². The molecule has 458 valence electrons. The van der Waals surface area contributed by atoms with Gasteiger partial charge in [-0.1, -0.05) is 353 Å². The number of ether oxygens (including phenoxy) is 1. The van der Waals surface area contributed by atoms with E-state index in [2.05, 4.69) is 31.3 Å². The molecule has 0 aromatic heterocycles. The number of allylic oxidation sites excluding steroid dienone is 2. The van der Waals surface area contributed by atoms with Gasteiger partial charge in [-0.15, -0.1) is 0 Å². The lowest BCUT2D eigenvalue weighted by Gasteiger charge is -2.22. The minimum atomic E-state index is -0.664. The third kappa shape index (κ3) is 63.6. The Morgan fingerprint density at radius 2 is 0.610 bits per heavy atom. The molecule has 0 heterocycles. The van der Waals surface area contributed by atoms with E-state index in [1.807, 2.05) is 0 Å². The molecule has 0 aliphatic rings. The van der Waals surface area contributed by atoms with E-state index in [1.165, 1.54) is 327 Å². The van der Waals surface area contributed by atoms with Gasteiger partial charge in [0.1, 0.15) is 0 Å². The van der Waals surface area contributed by atoms with E-state index in [1.54, 1.807) is 0 Å². The van der Waals surface area contributed by atoms with Gasteiger partial charge in [0, 0.05) is 12.8 Å². The van der Waals surface area contributed by atoms with Crippen LogP contribution in [0.4, 0.5) is 0 Å². The third-order valence-corrected chi connectivity index (χ3v) is 16.8. The summed E-state index contributed by atoms with van der Waals surface area (Å²) in [5, 5.41) is 23.4. The van der Waals surface area contributed by atoms with E-state index in [-0.39, 0.29) is 18.5 Å². The zero-order valence-electron chi connectivity index (χ0n) is 52.5. The van der Waals surface area contributed by atoms with Crippen LogP contribution in [0.3, 0.4) is 0 Å². The highest BCUT2D eigenvalue weighted by molar-refractivity contribution is 5.76. The molecular formula is C71H139NO5. The number of hydrogen-bond donors (Lipinski definition) is 3. The van der Waals surface area contributed by atoms with Crippen molar-refractivity contribution >= 4 is 11.9 Å². The molecule has 0 aliphatic carbocycles. The Morgan fingerprint density at radius 1 is 0.351 bits per heavy atom. The van der Waals surface area contributed by atoms with E-state index < -0.39 is 12.1 Å². The average molecular weight is 1090 g/mol. The third-order valence-electron chi connectivity index (χ3n) is 16.8. The van der Waals surface area contributed by atoms with Crippen molar-refractivity contribution in [2.75, 3.05) is 13.2 Å². The molecule has 6 nitrogen and oxygen atoms in total. The summed E-state index contributed by atoms with van der Waals surface area (Å²) in [6, 6.07) is -0.540. The molecule has 6 heteroatoms. The van der Waals surface area contributed by atoms with Crippen LogP contribution in [0.5, 0.6) is 0 Å². The molecule has 0 radical (unpaired) electrons. The fourth-order valence-corrected chi connectivity index (χ4v) is 11.4. The first kappa shape index (κ1) is 75.6. The Morgan fingerprint density at radius 3 is 0.922 bits per heavy atom. The topological polar surface area (TPSA) is 95.9 Å². The quantitative estimate of drug-likeness (QED) is 0.0320. The number of carbonyl (C=O) groups excluding carboxylic acids is 2. The highest BCUT2D eigenvalue weighted by Crippen LogP contribution is 2.19. The molecule has 0 rings (SSSR count). The number of aliphatic hydroxyl groups excluding tert-OH is 2. The summed E-state index contributed by atoms with van der Waals surface area (Å²) in [4.78, 5) is 24.6. The van der Waals surface area contributed by atoms with Gasteiger partial charge in [-0.2, -0.15) is 0 Å². The number of esters is 1. The Hall–Kier alpha value is -1.40. The first-order valence-corrected chi connectivity index (χ1v) is 35.4. The van der Waals surface area contributed by atoms with Crippen LogP contribution in [-0.4, -0.2) is 47.4 Å². The van der Waals surface area contributed by atoms with E-state index in [9.17, 15) is 19.8 Å². The Kier molecular flexibility index (Phi) is 65.9. The lowest BCUT2D eigenvalue weighted by Crippen LogP contribution is -2.45. The molecule has 0 spiro atoms. The van der Waals surface area contributed by atoms with Crippen molar-refractivity contribution < 1.29 is 24.5 Å². The lowest BCUT2D eigenvalue weighted by atomic mass is 10.0. The molecule has 0 aromatic rings. The van der Waals surface area contributed by atoms with Gasteiger partial charge < -0.3 is 20.3 Å². The van der Waals surface area contributed by atoms with Crippen LogP contribution < -0.4 is 5.32 Å². The predicted octanol–water partition coefficient (Wildman–Crippen LogP) is 22.8. The maximum atomic E-state index is 12.5. The molecule has 0 bridgehead atoms. The van der Waals surface area contributed by atoms with Gasteiger partial charge in [-0.25, -0.2) is 0 Å². The van der Waals surface area contributed by atoms with Crippen molar-refractivity contribution in [3.8, 4) is 0 Å². The highest BCUT2D eigenvalue weighted by Gasteiger charge is 2.20. The normalized spacial score (nSPS) is 12.5. The second-order valence-electron chi connectivity index (χ2n) is 24.6. The summed E-state index contributed by atoms with van der Waals surface area (Å²) >= 11 is 0. The molecule has 0 aromatic carbocycles. The second-order valence-corrected chi connectivity index (χ2v) is 24.6. The molecule has 2 atom stereocenters. The molecule has 1 amide bonds. The molecule has 0 fully saturated rings. The fourth-order valence-electron chi connectivity index (χ4n) is 11.4. The molecule has 0 aliphatic heterocycles. The van der Waals surface area contributed by atoms with Crippen molar-refractivity contribution in [1.29, 1.82) is 0 Å². The molecule has 2 unspecified atom stereocenters. The molecular weight excluding hydrogens is 947 g/mol. The van der Waals surface area contributed by atoms with Crippen LogP contribution in [0.15, 0.2) is 12.2 Å². The molecule has 77 heavy (non-hydrogen) atoms. The standard InChI is InChI=1S/C71H139NO5/c1-3-5-7-9-11-13-15-17-19-20-21-27-30-33-36-39-43-47-51-55-59-63-69(74)68(67-73)72-70(75)64-60-56-52-48-44-40-37-34-31-28-25-23-22-24-26-29-32-35-38-42-46-50-54-58-62-66-77-71(76)65-61-57-53-49-45-41-18-16-14-12-10-8-6-4-2/h16,18,68-69,73-74H,3-15,17,19-67H2,1-2H3,(H,72,75)/b18-16-. The highest BCUT2D eigenvalue weighted by atomic mass is 16.5. The molecule has 0 saturated heterocycles. The second kappa shape index (κ2) is 67.1. The summed E-state index contributed by atoms with van der Waals surface area (Å²) in [5.41, 5.74) is 0. The monoisotopic (exact) mass is 1090 g/mol. The van der Waals surface area contributed by atoms with E-state index in [0.717, 1.165) is 44.9 Å². The predicted molar refractivity (Wildman–Crippen MR) is 338 cm³/mol. The van der Waals surface area contributed by atoms with Crippen LogP contribution in [0.25, 0.3) is 0 Å². The van der Waals surface area contributed by atoms with Gasteiger partial charge in [0.15, 0.2) is 0 Å². The maximum Gasteiger partial charge on any atom is 0.305 e. The number of carbonyl (C=O) groups is 2. The van der Waals surface area contributed by atoms with Crippen LogP contribution in [0, 0.1) is 0 Å². The first-order chi connectivity index (χ1) is 38.0. The van der Waals surface area contributed by atoms with Crippen molar-refractivity contribution in [3.05, 3.63) is 12.2 Å². The fraction of sp³-hybridized carbons (Fsp3) is 0.944. The summed E-state index contributed by atoms with van der Waals surface area (Å²) in [5.74, 6) is -0.0194. The minimum Gasteiger partial charge on any atom is -0.466 e. The molecule has 0 saturated carbocycles. The van der Waals surface area contributed by atoms with Crippen molar-refractivity contribution in [1.82, 2.24) is 5.32 Å². The van der Waals surface area contributed by atoms with Gasteiger partial charge in [0.05, 0.1) is 25.4 Å². The van der Waals surface area contributed by atoms with E-state index in [0.29, 0.717) is 25.9 Å². The number of aliphatic hydroxyl groups is 2. The number of hydrogen-bond acceptors (Lipinski definition) is 5. The number of unbranched alkanes of at least 4 members (excludes halogenated alkanes) is 54. The smallest absolute Gasteiger partial charge is 0.305 e. The number of rotatable bonds is 67. The first-order valence-electron chi connectivity index (χ1n) is 35.4. The summed E-state index contributed by atoms with van der Waals surface area (Å²) in [7, 11) is 0. The Labute approximate surface area is 482 Å². The van der Waals surface area contributed by atoms with Crippen molar-refractivity contribution in [2.24, 2.45) is 0 Å². The van der Waals surface area contributed by atoms with Gasteiger partial charge in [0.25, 0.3) is 0 Å². The van der Waals surface area contributed by atoms with Crippen LogP contribution >= 0.6 is 0 Å². The molecule has 3 N–H and O–H groups in total. The van der Waals surface area contributed by atoms with Crippen molar-refractivity contribution in [3.63, 3.8) is 0 Å². The zero-order chi connectivity index (χ0) is 55.7. The Balaban J connectivity index is 3.36.